The number of nitrogens with one attached hydrogen (secondary N) is 1. The molecular weight excluding hydrogens is 322 g/mol. The van der Waals surface area contributed by atoms with E-state index in [9.17, 15) is 5.11 Å². The second-order valence-corrected chi connectivity index (χ2v) is 5.99. The summed E-state index contributed by atoms with van der Waals surface area (Å²) in [6, 6.07) is 16.7. The fourth-order valence-electron chi connectivity index (χ4n) is 2.89. The van der Waals surface area contributed by atoms with Gasteiger partial charge in [0.1, 0.15) is 16.7 Å². The third kappa shape index (κ3) is 2.51. The lowest BCUT2D eigenvalue weighted by Crippen LogP contribution is -1.98. The van der Waals surface area contributed by atoms with Gasteiger partial charge in [0.05, 0.1) is 11.2 Å². The SMILES string of the molecule is Cc1nc(Cl)cc2c1c(Nc1ccc(O)cc1)nc1ccccc12. The topological polar surface area (TPSA) is 58.0 Å². The molecule has 4 nitrogen and oxygen atoms in total. The van der Waals surface area contributed by atoms with Gasteiger partial charge in [-0.2, -0.15) is 0 Å². The highest BCUT2D eigenvalue weighted by Gasteiger charge is 2.13. The van der Waals surface area contributed by atoms with Crippen molar-refractivity contribution in [1.29, 1.82) is 0 Å². The molecule has 0 amide bonds. The van der Waals surface area contributed by atoms with Gasteiger partial charge in [-0.25, -0.2) is 9.97 Å². The molecule has 4 aromatic rings. The van der Waals surface area contributed by atoms with E-state index in [-0.39, 0.29) is 5.75 Å². The number of aromatic nitrogens is 2. The number of para-hydroxylation sites is 1. The molecule has 2 aromatic carbocycles. The molecule has 0 aliphatic carbocycles. The van der Waals surface area contributed by atoms with Crippen molar-refractivity contribution in [2.24, 2.45) is 0 Å². The first-order chi connectivity index (χ1) is 11.6. The summed E-state index contributed by atoms with van der Waals surface area (Å²) in [6.07, 6.45) is 0. The van der Waals surface area contributed by atoms with Crippen LogP contribution in [0.15, 0.2) is 54.6 Å². The number of aryl methyl sites for hydroxylation is 1. The van der Waals surface area contributed by atoms with Crippen LogP contribution >= 0.6 is 11.6 Å². The zero-order valence-electron chi connectivity index (χ0n) is 12.9. The molecule has 2 heterocycles. The van der Waals surface area contributed by atoms with Crippen molar-refractivity contribution in [3.63, 3.8) is 0 Å². The lowest BCUT2D eigenvalue weighted by molar-refractivity contribution is 0.475. The number of hydrogen-bond donors (Lipinski definition) is 2. The van der Waals surface area contributed by atoms with Crippen molar-refractivity contribution in [1.82, 2.24) is 9.97 Å². The number of halogens is 1. The Kier molecular flexibility index (Phi) is 3.47. The quantitative estimate of drug-likeness (QED) is 0.300. The number of nitrogens with zero attached hydrogens (tertiary/aromatic N) is 2. The average molecular weight is 336 g/mol. The number of aromatic hydroxyl groups is 1. The predicted molar refractivity (Wildman–Crippen MR) is 98.2 cm³/mol. The summed E-state index contributed by atoms with van der Waals surface area (Å²) in [5.41, 5.74) is 2.54. The molecule has 2 aromatic heterocycles. The van der Waals surface area contributed by atoms with Gasteiger partial charge in [0, 0.05) is 16.5 Å². The zero-order chi connectivity index (χ0) is 16.7. The monoisotopic (exact) mass is 335 g/mol. The number of anilines is 2. The van der Waals surface area contributed by atoms with Crippen molar-refractivity contribution in [3.05, 3.63) is 65.4 Å². The molecule has 0 aliphatic heterocycles. The Bertz CT molecular complexity index is 1060. The summed E-state index contributed by atoms with van der Waals surface area (Å²) in [5.74, 6) is 0.942. The van der Waals surface area contributed by atoms with E-state index in [1.807, 2.05) is 37.3 Å². The Morgan fingerprint density at radius 2 is 1.71 bits per heavy atom. The Morgan fingerprint density at radius 3 is 2.50 bits per heavy atom. The molecule has 0 fully saturated rings. The number of rotatable bonds is 2. The summed E-state index contributed by atoms with van der Waals surface area (Å²) >= 11 is 6.17. The van der Waals surface area contributed by atoms with Crippen molar-refractivity contribution < 1.29 is 5.11 Å². The Morgan fingerprint density at radius 1 is 0.958 bits per heavy atom. The molecule has 0 bridgehead atoms. The molecule has 0 saturated heterocycles. The van der Waals surface area contributed by atoms with E-state index in [0.29, 0.717) is 5.15 Å². The van der Waals surface area contributed by atoms with E-state index in [1.54, 1.807) is 24.3 Å². The van der Waals surface area contributed by atoms with Gasteiger partial charge >= 0.3 is 0 Å². The molecular formula is C19H14ClN3O. The minimum Gasteiger partial charge on any atom is -0.508 e. The average Bonchev–Trinajstić information content (AvgIpc) is 2.56. The highest BCUT2D eigenvalue weighted by molar-refractivity contribution is 6.30. The zero-order valence-corrected chi connectivity index (χ0v) is 13.7. The maximum atomic E-state index is 9.44. The Hall–Kier alpha value is -2.85. The van der Waals surface area contributed by atoms with Crippen LogP contribution in [0.4, 0.5) is 11.5 Å². The van der Waals surface area contributed by atoms with Crippen LogP contribution in [0.5, 0.6) is 5.75 Å². The van der Waals surface area contributed by atoms with Gasteiger partial charge in [-0.1, -0.05) is 29.8 Å². The molecule has 5 heteroatoms. The van der Waals surface area contributed by atoms with E-state index in [0.717, 1.165) is 38.9 Å². The molecule has 0 saturated carbocycles. The lowest BCUT2D eigenvalue weighted by atomic mass is 10.1. The molecule has 2 N–H and O–H groups in total. The molecule has 0 atom stereocenters. The molecule has 4 rings (SSSR count). The van der Waals surface area contributed by atoms with E-state index < -0.39 is 0 Å². The summed E-state index contributed by atoms with van der Waals surface area (Å²) in [5, 5.41) is 16.2. The van der Waals surface area contributed by atoms with Crippen LogP contribution in [-0.2, 0) is 0 Å². The first-order valence-corrected chi connectivity index (χ1v) is 7.91. The van der Waals surface area contributed by atoms with Gasteiger partial charge < -0.3 is 10.4 Å². The van der Waals surface area contributed by atoms with Gasteiger partial charge in [-0.05, 0) is 48.7 Å². The number of hydrogen-bond acceptors (Lipinski definition) is 4. The largest absolute Gasteiger partial charge is 0.508 e. The van der Waals surface area contributed by atoms with Crippen LogP contribution in [0, 0.1) is 6.92 Å². The summed E-state index contributed by atoms with van der Waals surface area (Å²) < 4.78 is 0. The third-order valence-electron chi connectivity index (χ3n) is 3.96. The maximum Gasteiger partial charge on any atom is 0.140 e. The number of benzene rings is 2. The highest BCUT2D eigenvalue weighted by atomic mass is 35.5. The highest BCUT2D eigenvalue weighted by Crippen LogP contribution is 2.34. The van der Waals surface area contributed by atoms with Crippen molar-refractivity contribution in [2.45, 2.75) is 6.92 Å². The second-order valence-electron chi connectivity index (χ2n) is 5.60. The molecule has 0 spiro atoms. The van der Waals surface area contributed by atoms with Crippen molar-refractivity contribution >= 4 is 44.8 Å². The Balaban J connectivity index is 2.00. The fraction of sp³-hybridized carbons (Fsp3) is 0.0526. The smallest absolute Gasteiger partial charge is 0.140 e. The third-order valence-corrected chi connectivity index (χ3v) is 4.16. The first-order valence-electron chi connectivity index (χ1n) is 7.53. The molecule has 0 radical (unpaired) electrons. The molecule has 0 aliphatic rings. The van der Waals surface area contributed by atoms with Crippen molar-refractivity contribution in [3.8, 4) is 5.75 Å². The summed E-state index contributed by atoms with van der Waals surface area (Å²) in [7, 11) is 0. The minimum atomic E-state index is 0.224. The van der Waals surface area contributed by atoms with Crippen LogP contribution in [0.3, 0.4) is 0 Å². The first kappa shape index (κ1) is 14.7. The van der Waals surface area contributed by atoms with E-state index in [1.165, 1.54) is 0 Å². The number of phenolic OH excluding ortho intramolecular Hbond substituents is 1. The van der Waals surface area contributed by atoms with Crippen LogP contribution in [0.1, 0.15) is 5.69 Å². The van der Waals surface area contributed by atoms with Gasteiger partial charge in [-0.15, -0.1) is 0 Å². The van der Waals surface area contributed by atoms with Gasteiger partial charge in [0.2, 0.25) is 0 Å². The number of phenols is 1. The molecule has 0 unspecified atom stereocenters. The molecule has 118 valence electrons. The van der Waals surface area contributed by atoms with Crippen LogP contribution in [0.25, 0.3) is 21.7 Å². The molecule has 24 heavy (non-hydrogen) atoms. The van der Waals surface area contributed by atoms with Gasteiger partial charge in [-0.3, -0.25) is 0 Å². The predicted octanol–water partition coefficient (Wildman–Crippen LogP) is 5.19. The van der Waals surface area contributed by atoms with Crippen LogP contribution < -0.4 is 5.32 Å². The second kappa shape index (κ2) is 5.65. The van der Waals surface area contributed by atoms with Crippen LogP contribution in [-0.4, -0.2) is 15.1 Å². The number of pyridine rings is 2. The summed E-state index contributed by atoms with van der Waals surface area (Å²) in [4.78, 5) is 9.13. The maximum absolute atomic E-state index is 9.44. The van der Waals surface area contributed by atoms with E-state index >= 15 is 0 Å². The van der Waals surface area contributed by atoms with Gasteiger partial charge in [0.25, 0.3) is 0 Å². The summed E-state index contributed by atoms with van der Waals surface area (Å²) in [6.45, 7) is 1.92. The van der Waals surface area contributed by atoms with Crippen LogP contribution in [0.2, 0.25) is 5.15 Å². The lowest BCUT2D eigenvalue weighted by Gasteiger charge is -2.13. The normalized spacial score (nSPS) is 11.1. The van der Waals surface area contributed by atoms with E-state index in [4.69, 9.17) is 16.6 Å². The van der Waals surface area contributed by atoms with Crippen molar-refractivity contribution in [2.75, 3.05) is 5.32 Å². The standard InChI is InChI=1S/C19H14ClN3O/c1-11-18-15(10-17(20)21-11)14-4-2-3-5-16(14)23-19(18)22-12-6-8-13(24)9-7-12/h2-10,24H,1H3,(H,22,23). The number of fused-ring (bicyclic) bond motifs is 3. The Labute approximate surface area is 143 Å². The minimum absolute atomic E-state index is 0.224. The fourth-order valence-corrected chi connectivity index (χ4v) is 3.13. The van der Waals surface area contributed by atoms with Gasteiger partial charge in [0.15, 0.2) is 0 Å². The van der Waals surface area contributed by atoms with E-state index in [2.05, 4.69) is 10.3 Å².